The molecule has 1 aromatic rings. The highest BCUT2D eigenvalue weighted by Crippen LogP contribution is 2.28. The molecule has 7 heteroatoms. The second-order valence-electron chi connectivity index (χ2n) is 4.49. The molecule has 0 unspecified atom stereocenters. The third-order valence-electron chi connectivity index (χ3n) is 3.38. The molecule has 0 aliphatic carbocycles. The number of piperazine rings is 1. The lowest BCUT2D eigenvalue weighted by Gasteiger charge is -2.35. The Labute approximate surface area is 116 Å². The van der Waals surface area contributed by atoms with Crippen LogP contribution in [0, 0.1) is 0 Å². The Bertz CT molecular complexity index is 524. The smallest absolute Gasteiger partial charge is 0.407 e. The number of ether oxygens (including phenoxy) is 1. The summed E-state index contributed by atoms with van der Waals surface area (Å²) < 4.78 is 4.68. The minimum Gasteiger partial charge on any atom is -0.465 e. The number of carboxylic acid groups (broad SMARTS) is 1. The van der Waals surface area contributed by atoms with Crippen LogP contribution >= 0.6 is 0 Å². The summed E-state index contributed by atoms with van der Waals surface area (Å²) in [4.78, 5) is 25.8. The molecule has 1 heterocycles. The Morgan fingerprint density at radius 2 is 1.90 bits per heavy atom. The topological polar surface area (TPSA) is 96.1 Å². The van der Waals surface area contributed by atoms with Crippen LogP contribution in [0.15, 0.2) is 18.2 Å². The number of rotatable bonds is 2. The number of benzene rings is 1. The number of hydrogen-bond donors (Lipinski definition) is 2. The van der Waals surface area contributed by atoms with Gasteiger partial charge in [0, 0.05) is 26.2 Å². The van der Waals surface area contributed by atoms with Crippen molar-refractivity contribution in [2.45, 2.75) is 0 Å². The van der Waals surface area contributed by atoms with Crippen LogP contribution in [0.3, 0.4) is 0 Å². The van der Waals surface area contributed by atoms with Gasteiger partial charge in [-0.2, -0.15) is 0 Å². The van der Waals surface area contributed by atoms with E-state index in [0.717, 1.165) is 5.69 Å². The zero-order valence-electron chi connectivity index (χ0n) is 11.2. The molecule has 3 N–H and O–H groups in total. The minimum atomic E-state index is -0.916. The van der Waals surface area contributed by atoms with Crippen LogP contribution in [-0.4, -0.2) is 55.4 Å². The second-order valence-corrected chi connectivity index (χ2v) is 4.49. The SMILES string of the molecule is COC(=O)c1cccc(N2CCN(C(=O)O)CC2)c1N. The zero-order valence-corrected chi connectivity index (χ0v) is 11.2. The summed E-state index contributed by atoms with van der Waals surface area (Å²) in [5.74, 6) is -0.478. The van der Waals surface area contributed by atoms with Crippen LogP contribution in [0.5, 0.6) is 0 Å². The number of carbonyl (C=O) groups excluding carboxylic acids is 1. The predicted octanol–water partition coefficient (Wildman–Crippen LogP) is 0.855. The number of para-hydroxylation sites is 1. The van der Waals surface area contributed by atoms with Gasteiger partial charge in [0.25, 0.3) is 0 Å². The van der Waals surface area contributed by atoms with Crippen molar-refractivity contribution < 1.29 is 19.4 Å². The van der Waals surface area contributed by atoms with Crippen LogP contribution < -0.4 is 10.6 Å². The summed E-state index contributed by atoms with van der Waals surface area (Å²) in [5.41, 5.74) is 7.44. The summed E-state index contributed by atoms with van der Waals surface area (Å²) in [6.45, 7) is 1.91. The van der Waals surface area contributed by atoms with Gasteiger partial charge in [0.05, 0.1) is 24.0 Å². The van der Waals surface area contributed by atoms with Gasteiger partial charge in [-0.1, -0.05) is 6.07 Å². The molecule has 1 aromatic carbocycles. The van der Waals surface area contributed by atoms with Gasteiger partial charge < -0.3 is 25.4 Å². The predicted molar refractivity (Wildman–Crippen MR) is 74.0 cm³/mol. The Morgan fingerprint density at radius 3 is 2.45 bits per heavy atom. The van der Waals surface area contributed by atoms with Crippen molar-refractivity contribution in [2.24, 2.45) is 0 Å². The fourth-order valence-electron chi connectivity index (χ4n) is 2.26. The fourth-order valence-corrected chi connectivity index (χ4v) is 2.26. The number of esters is 1. The van der Waals surface area contributed by atoms with E-state index in [-0.39, 0.29) is 0 Å². The number of nitrogen functional groups attached to an aromatic ring is 1. The molecule has 0 saturated carbocycles. The van der Waals surface area contributed by atoms with Gasteiger partial charge in [-0.05, 0) is 12.1 Å². The average Bonchev–Trinajstić information content (AvgIpc) is 2.47. The highest BCUT2D eigenvalue weighted by atomic mass is 16.5. The average molecular weight is 279 g/mol. The summed E-state index contributed by atoms with van der Waals surface area (Å²) in [7, 11) is 1.31. The standard InChI is InChI=1S/C13H17N3O4/c1-20-12(17)9-3-2-4-10(11(9)14)15-5-7-16(8-6-15)13(18)19/h2-4H,5-8,14H2,1H3,(H,18,19). The highest BCUT2D eigenvalue weighted by molar-refractivity contribution is 5.98. The van der Waals surface area contributed by atoms with Gasteiger partial charge in [-0.25, -0.2) is 9.59 Å². The lowest BCUT2D eigenvalue weighted by Crippen LogP contribution is -2.48. The number of amides is 1. The molecule has 108 valence electrons. The Hall–Kier alpha value is -2.44. The molecule has 0 spiro atoms. The molecule has 1 amide bonds. The van der Waals surface area contributed by atoms with Crippen molar-refractivity contribution in [1.29, 1.82) is 0 Å². The summed E-state index contributed by atoms with van der Waals surface area (Å²) >= 11 is 0. The van der Waals surface area contributed by atoms with E-state index in [0.29, 0.717) is 37.4 Å². The maximum atomic E-state index is 11.6. The molecule has 1 aliphatic rings. The van der Waals surface area contributed by atoms with Crippen molar-refractivity contribution in [3.05, 3.63) is 23.8 Å². The van der Waals surface area contributed by atoms with Gasteiger partial charge in [0.15, 0.2) is 0 Å². The molecule has 20 heavy (non-hydrogen) atoms. The van der Waals surface area contributed by atoms with Gasteiger partial charge in [-0.3, -0.25) is 0 Å². The van der Waals surface area contributed by atoms with E-state index in [2.05, 4.69) is 4.74 Å². The zero-order chi connectivity index (χ0) is 14.7. The monoisotopic (exact) mass is 279 g/mol. The van der Waals surface area contributed by atoms with Crippen LogP contribution in [0.1, 0.15) is 10.4 Å². The number of hydrogen-bond acceptors (Lipinski definition) is 5. The summed E-state index contributed by atoms with van der Waals surface area (Å²) in [5, 5.41) is 8.92. The molecule has 7 nitrogen and oxygen atoms in total. The second kappa shape index (κ2) is 5.68. The van der Waals surface area contributed by atoms with E-state index in [4.69, 9.17) is 10.8 Å². The van der Waals surface area contributed by atoms with E-state index in [1.54, 1.807) is 12.1 Å². The van der Waals surface area contributed by atoms with Gasteiger partial charge in [0.2, 0.25) is 0 Å². The van der Waals surface area contributed by atoms with Gasteiger partial charge in [0.1, 0.15) is 0 Å². The molecule has 0 bridgehead atoms. The van der Waals surface area contributed by atoms with Crippen molar-refractivity contribution in [2.75, 3.05) is 43.9 Å². The van der Waals surface area contributed by atoms with Crippen LogP contribution in [-0.2, 0) is 4.74 Å². The molecule has 0 radical (unpaired) electrons. The number of nitrogens with zero attached hydrogens (tertiary/aromatic N) is 2. The van der Waals surface area contributed by atoms with Gasteiger partial charge >= 0.3 is 12.1 Å². The van der Waals surface area contributed by atoms with Crippen LogP contribution in [0.4, 0.5) is 16.2 Å². The number of methoxy groups -OCH3 is 1. The maximum absolute atomic E-state index is 11.6. The highest BCUT2D eigenvalue weighted by Gasteiger charge is 2.23. The number of carbonyl (C=O) groups is 2. The van der Waals surface area contributed by atoms with Crippen molar-refractivity contribution in [1.82, 2.24) is 4.90 Å². The molecule has 1 saturated heterocycles. The van der Waals surface area contributed by atoms with E-state index >= 15 is 0 Å². The van der Waals surface area contributed by atoms with Crippen molar-refractivity contribution in [3.8, 4) is 0 Å². The third-order valence-corrected chi connectivity index (χ3v) is 3.38. The Morgan fingerprint density at radius 1 is 1.25 bits per heavy atom. The molecular weight excluding hydrogens is 262 g/mol. The molecule has 2 rings (SSSR count). The maximum Gasteiger partial charge on any atom is 0.407 e. The first-order valence-electron chi connectivity index (χ1n) is 6.24. The van der Waals surface area contributed by atoms with Gasteiger partial charge in [-0.15, -0.1) is 0 Å². The first-order chi connectivity index (χ1) is 9.54. The lowest BCUT2D eigenvalue weighted by molar-refractivity contribution is 0.0602. The van der Waals surface area contributed by atoms with E-state index in [1.807, 2.05) is 11.0 Å². The molecule has 0 aromatic heterocycles. The van der Waals surface area contributed by atoms with Crippen LogP contribution in [0.2, 0.25) is 0 Å². The lowest BCUT2D eigenvalue weighted by atomic mass is 10.1. The van der Waals surface area contributed by atoms with Crippen molar-refractivity contribution >= 4 is 23.4 Å². The summed E-state index contributed by atoms with van der Waals surface area (Å²) in [6.07, 6.45) is -0.916. The quantitative estimate of drug-likeness (QED) is 0.615. The Kier molecular flexibility index (Phi) is 3.97. The van der Waals surface area contributed by atoms with Crippen LogP contribution in [0.25, 0.3) is 0 Å². The molecular formula is C13H17N3O4. The number of anilines is 2. The first-order valence-corrected chi connectivity index (χ1v) is 6.24. The molecule has 1 fully saturated rings. The van der Waals surface area contributed by atoms with E-state index < -0.39 is 12.1 Å². The fraction of sp³-hybridized carbons (Fsp3) is 0.385. The minimum absolute atomic E-state index is 0.325. The van der Waals surface area contributed by atoms with Crippen molar-refractivity contribution in [3.63, 3.8) is 0 Å². The third kappa shape index (κ3) is 2.61. The van der Waals surface area contributed by atoms with E-state index in [9.17, 15) is 9.59 Å². The molecule has 1 aliphatic heterocycles. The largest absolute Gasteiger partial charge is 0.465 e. The number of nitrogens with two attached hydrogens (primary N) is 1. The van der Waals surface area contributed by atoms with E-state index in [1.165, 1.54) is 12.0 Å². The normalized spacial score (nSPS) is 15.1. The first kappa shape index (κ1) is 14.0. The summed E-state index contributed by atoms with van der Waals surface area (Å²) in [6, 6.07) is 5.16. The molecule has 0 atom stereocenters. The Balaban J connectivity index is 2.18.